The number of fused-ring (bicyclic) bond motifs is 1. The summed E-state index contributed by atoms with van der Waals surface area (Å²) in [4.78, 5) is 16.0. The molecule has 2 aromatic heterocycles. The first kappa shape index (κ1) is 23.2. The number of aromatic nitrogens is 3. The zero-order chi connectivity index (χ0) is 24.3. The van der Waals surface area contributed by atoms with Crippen molar-refractivity contribution in [1.29, 1.82) is 0 Å². The van der Waals surface area contributed by atoms with E-state index >= 15 is 0 Å². The van der Waals surface area contributed by atoms with E-state index in [1.807, 2.05) is 30.5 Å². The maximum Gasteiger partial charge on any atom is 0.238 e. The Hall–Kier alpha value is -3.60. The molecule has 0 saturated carbocycles. The summed E-state index contributed by atoms with van der Waals surface area (Å²) in [6.45, 7) is 4.27. The van der Waals surface area contributed by atoms with E-state index in [4.69, 9.17) is 5.14 Å². The molecule has 1 aliphatic rings. The highest BCUT2D eigenvalue weighted by atomic mass is 32.2. The number of likely N-dealkylation sites (tertiary alicyclic amines) is 1. The highest BCUT2D eigenvalue weighted by molar-refractivity contribution is 7.89. The number of pyridine rings is 1. The van der Waals surface area contributed by atoms with Crippen LogP contribution >= 0.6 is 0 Å². The highest BCUT2D eigenvalue weighted by Crippen LogP contribution is 2.26. The predicted molar refractivity (Wildman–Crippen MR) is 138 cm³/mol. The summed E-state index contributed by atoms with van der Waals surface area (Å²) in [5, 5.41) is 12.6. The molecular weight excluding hydrogens is 462 g/mol. The topological polar surface area (TPSA) is 126 Å². The van der Waals surface area contributed by atoms with Gasteiger partial charge in [-0.1, -0.05) is 12.1 Å². The third-order valence-corrected chi connectivity index (χ3v) is 6.98. The lowest BCUT2D eigenvalue weighted by Gasteiger charge is -2.15. The van der Waals surface area contributed by atoms with Crippen LogP contribution in [0.3, 0.4) is 0 Å². The average Bonchev–Trinajstić information content (AvgIpc) is 3.37. The van der Waals surface area contributed by atoms with Crippen molar-refractivity contribution in [2.45, 2.75) is 17.7 Å². The molecule has 0 atom stereocenters. The first-order valence-corrected chi connectivity index (χ1v) is 13.1. The molecule has 0 aliphatic carbocycles. The number of sulfonamides is 1. The lowest BCUT2D eigenvalue weighted by atomic mass is 10.1. The third kappa shape index (κ3) is 5.73. The van der Waals surface area contributed by atoms with Crippen molar-refractivity contribution in [3.05, 3.63) is 67.0 Å². The molecule has 35 heavy (non-hydrogen) atoms. The van der Waals surface area contributed by atoms with Crippen molar-refractivity contribution in [3.8, 4) is 11.1 Å². The zero-order valence-corrected chi connectivity index (χ0v) is 20.0. The van der Waals surface area contributed by atoms with E-state index < -0.39 is 10.0 Å². The Kier molecular flexibility index (Phi) is 6.58. The normalized spacial score (nSPS) is 14.3. The summed E-state index contributed by atoms with van der Waals surface area (Å²) >= 11 is 0. The average molecular weight is 490 g/mol. The Balaban J connectivity index is 1.31. The van der Waals surface area contributed by atoms with Crippen molar-refractivity contribution < 1.29 is 8.42 Å². The second-order valence-electron chi connectivity index (χ2n) is 8.57. The van der Waals surface area contributed by atoms with Gasteiger partial charge in [0.15, 0.2) is 0 Å². The minimum absolute atomic E-state index is 0.0503. The molecule has 0 spiro atoms. The monoisotopic (exact) mass is 489 g/mol. The SMILES string of the molecule is NS(=O)(=O)c1ccc(Nc2ncc3ccc(-c4ccnc(NCCN5CCCC5)c4)cc3n2)cc1. The molecule has 1 saturated heterocycles. The number of hydrogen-bond donors (Lipinski definition) is 3. The van der Waals surface area contributed by atoms with Gasteiger partial charge < -0.3 is 15.5 Å². The lowest BCUT2D eigenvalue weighted by molar-refractivity contribution is 0.352. The molecule has 10 heteroatoms. The Bertz CT molecular complexity index is 1440. The van der Waals surface area contributed by atoms with Gasteiger partial charge in [-0.15, -0.1) is 0 Å². The van der Waals surface area contributed by atoms with E-state index in [1.165, 1.54) is 38.1 Å². The van der Waals surface area contributed by atoms with Crippen LogP contribution in [0.1, 0.15) is 12.8 Å². The fourth-order valence-corrected chi connectivity index (χ4v) is 4.69. The molecule has 0 radical (unpaired) electrons. The maximum atomic E-state index is 11.4. The van der Waals surface area contributed by atoms with Crippen LogP contribution in [-0.4, -0.2) is 54.4 Å². The van der Waals surface area contributed by atoms with Crippen LogP contribution < -0.4 is 15.8 Å². The molecule has 1 aliphatic heterocycles. The number of benzene rings is 2. The molecule has 0 unspecified atom stereocenters. The number of primary sulfonamides is 1. The van der Waals surface area contributed by atoms with Gasteiger partial charge in [-0.05, 0) is 79.5 Å². The van der Waals surface area contributed by atoms with Gasteiger partial charge in [0.05, 0.1) is 10.4 Å². The van der Waals surface area contributed by atoms with Crippen molar-refractivity contribution in [2.75, 3.05) is 36.8 Å². The number of rotatable bonds is 8. The van der Waals surface area contributed by atoms with Crippen molar-refractivity contribution >= 4 is 38.4 Å². The van der Waals surface area contributed by atoms with Crippen molar-refractivity contribution in [2.24, 2.45) is 5.14 Å². The van der Waals surface area contributed by atoms with Crippen molar-refractivity contribution in [3.63, 3.8) is 0 Å². The Morgan fingerprint density at radius 1 is 0.943 bits per heavy atom. The van der Waals surface area contributed by atoms with E-state index in [1.54, 1.807) is 18.3 Å². The smallest absolute Gasteiger partial charge is 0.238 e. The predicted octanol–water partition coefficient (Wildman–Crippen LogP) is 3.59. The van der Waals surface area contributed by atoms with Crippen LogP contribution in [0.5, 0.6) is 0 Å². The van der Waals surface area contributed by atoms with Crippen LogP contribution in [0.2, 0.25) is 0 Å². The van der Waals surface area contributed by atoms with Gasteiger partial charge in [0.1, 0.15) is 5.82 Å². The largest absolute Gasteiger partial charge is 0.369 e. The maximum absolute atomic E-state index is 11.4. The zero-order valence-electron chi connectivity index (χ0n) is 19.2. The molecule has 1 fully saturated rings. The molecule has 3 heterocycles. The third-order valence-electron chi connectivity index (χ3n) is 6.05. The quantitative estimate of drug-likeness (QED) is 0.343. The number of nitrogens with two attached hydrogens (primary N) is 1. The molecule has 4 aromatic rings. The van der Waals surface area contributed by atoms with Gasteiger partial charge in [0.25, 0.3) is 0 Å². The van der Waals surface area contributed by atoms with Crippen LogP contribution in [0, 0.1) is 0 Å². The standard InChI is InChI=1S/C25H27N7O2S/c26-35(33,34)22-7-5-21(6-8-22)30-25-29-17-20-4-3-18(15-23(20)31-25)19-9-10-27-24(16-19)28-11-14-32-12-1-2-13-32/h3-10,15-17H,1-2,11-14H2,(H,27,28)(H2,26,33,34)(H,29,30,31). The summed E-state index contributed by atoms with van der Waals surface area (Å²) in [5.41, 5.74) is 3.54. The minimum atomic E-state index is -3.73. The highest BCUT2D eigenvalue weighted by Gasteiger charge is 2.11. The van der Waals surface area contributed by atoms with Crippen molar-refractivity contribution in [1.82, 2.24) is 19.9 Å². The minimum Gasteiger partial charge on any atom is -0.369 e. The fraction of sp³-hybridized carbons (Fsp3) is 0.240. The summed E-state index contributed by atoms with van der Waals surface area (Å²) in [6.07, 6.45) is 6.16. The molecule has 2 aromatic carbocycles. The summed E-state index contributed by atoms with van der Waals surface area (Å²) in [6, 6.07) is 16.2. The lowest BCUT2D eigenvalue weighted by Crippen LogP contribution is -2.26. The second kappa shape index (κ2) is 9.95. The van der Waals surface area contributed by atoms with E-state index in [9.17, 15) is 8.42 Å². The molecule has 9 nitrogen and oxygen atoms in total. The molecule has 4 N–H and O–H groups in total. The first-order valence-electron chi connectivity index (χ1n) is 11.5. The van der Waals surface area contributed by atoms with E-state index in [0.717, 1.165) is 40.9 Å². The van der Waals surface area contributed by atoms with Crippen LogP contribution in [-0.2, 0) is 10.0 Å². The number of hydrogen-bond acceptors (Lipinski definition) is 8. The van der Waals surface area contributed by atoms with Gasteiger partial charge in [0.2, 0.25) is 16.0 Å². The van der Waals surface area contributed by atoms with Gasteiger partial charge in [-0.25, -0.2) is 28.5 Å². The second-order valence-corrected chi connectivity index (χ2v) is 10.1. The van der Waals surface area contributed by atoms with Gasteiger partial charge in [-0.3, -0.25) is 0 Å². The van der Waals surface area contributed by atoms with Crippen LogP contribution in [0.25, 0.3) is 22.0 Å². The molecule has 0 amide bonds. The first-order chi connectivity index (χ1) is 16.9. The number of anilines is 3. The Morgan fingerprint density at radius 2 is 1.71 bits per heavy atom. The molecule has 5 rings (SSSR count). The van der Waals surface area contributed by atoms with Crippen LogP contribution in [0.15, 0.2) is 71.9 Å². The molecule has 0 bridgehead atoms. The van der Waals surface area contributed by atoms with Gasteiger partial charge in [0, 0.05) is 36.6 Å². The summed E-state index contributed by atoms with van der Waals surface area (Å²) < 4.78 is 22.9. The van der Waals surface area contributed by atoms with Gasteiger partial charge >= 0.3 is 0 Å². The number of nitrogens with zero attached hydrogens (tertiary/aromatic N) is 4. The number of nitrogens with one attached hydrogen (secondary N) is 2. The molecule has 180 valence electrons. The summed E-state index contributed by atoms with van der Waals surface area (Å²) in [7, 11) is -3.73. The molecular formula is C25H27N7O2S. The van der Waals surface area contributed by atoms with E-state index in [0.29, 0.717) is 11.6 Å². The van der Waals surface area contributed by atoms with Gasteiger partial charge in [-0.2, -0.15) is 0 Å². The Labute approximate surface area is 204 Å². The van der Waals surface area contributed by atoms with E-state index in [2.05, 4.69) is 36.6 Å². The fourth-order valence-electron chi connectivity index (χ4n) is 4.18. The summed E-state index contributed by atoms with van der Waals surface area (Å²) in [5.74, 6) is 1.27. The van der Waals surface area contributed by atoms with Crippen LogP contribution in [0.4, 0.5) is 17.5 Å². The Morgan fingerprint density at radius 3 is 2.49 bits per heavy atom. The van der Waals surface area contributed by atoms with E-state index in [-0.39, 0.29) is 4.90 Å².